The van der Waals surface area contributed by atoms with Crippen LogP contribution in [0.5, 0.6) is 0 Å². The quantitative estimate of drug-likeness (QED) is 0.784. The zero-order valence-electron chi connectivity index (χ0n) is 14.1. The summed E-state index contributed by atoms with van der Waals surface area (Å²) in [6.07, 6.45) is 2.92. The Kier molecular flexibility index (Phi) is 4.36. The molecule has 6 heteroatoms. The maximum absolute atomic E-state index is 12.8. The number of aryl methyl sites for hydroxylation is 2. The molecule has 4 rings (SSSR count). The van der Waals surface area contributed by atoms with Crippen LogP contribution in [-0.2, 0) is 17.8 Å². The normalized spacial score (nSPS) is 16.7. The Balaban J connectivity index is 1.50. The highest BCUT2D eigenvalue weighted by molar-refractivity contribution is 7.09. The summed E-state index contributed by atoms with van der Waals surface area (Å²) in [6, 6.07) is 10.3. The molecule has 0 bridgehead atoms. The first kappa shape index (κ1) is 16.0. The first-order valence-corrected chi connectivity index (χ1v) is 9.34. The number of carbonyl (C=O) groups excluding carboxylic acids is 1. The van der Waals surface area contributed by atoms with Crippen molar-refractivity contribution < 1.29 is 4.79 Å². The molecule has 3 aromatic rings. The third-order valence-corrected chi connectivity index (χ3v) is 5.47. The Hall–Kier alpha value is -2.47. The molecule has 1 aromatic carbocycles. The van der Waals surface area contributed by atoms with Crippen molar-refractivity contribution in [3.63, 3.8) is 0 Å². The molecule has 3 heterocycles. The van der Waals surface area contributed by atoms with Crippen LogP contribution in [0.1, 0.15) is 40.0 Å². The van der Waals surface area contributed by atoms with Crippen molar-refractivity contribution in [2.45, 2.75) is 32.2 Å². The predicted octanol–water partition coefficient (Wildman–Crippen LogP) is 3.28. The van der Waals surface area contributed by atoms with Gasteiger partial charge in [0, 0.05) is 24.3 Å². The second-order valence-corrected chi connectivity index (χ2v) is 7.42. The number of amides is 1. The van der Waals surface area contributed by atoms with Crippen molar-refractivity contribution >= 4 is 17.2 Å². The van der Waals surface area contributed by atoms with E-state index in [1.807, 2.05) is 35.4 Å². The van der Waals surface area contributed by atoms with Crippen molar-refractivity contribution in [2.75, 3.05) is 6.54 Å². The van der Waals surface area contributed by atoms with E-state index in [1.165, 1.54) is 5.56 Å². The minimum atomic E-state index is 0.127. The molecule has 5 nitrogen and oxygen atoms in total. The van der Waals surface area contributed by atoms with Crippen LogP contribution in [0, 0.1) is 6.92 Å². The summed E-state index contributed by atoms with van der Waals surface area (Å²) < 4.78 is 0. The molecule has 0 aliphatic carbocycles. The van der Waals surface area contributed by atoms with Crippen LogP contribution >= 0.6 is 11.3 Å². The molecular formula is C19H20N4OS. The van der Waals surface area contributed by atoms with Crippen LogP contribution in [-0.4, -0.2) is 32.3 Å². The largest absolute Gasteiger partial charge is 0.347 e. The minimum Gasteiger partial charge on any atom is -0.347 e. The van der Waals surface area contributed by atoms with Crippen molar-refractivity contribution in [3.8, 4) is 0 Å². The summed E-state index contributed by atoms with van der Waals surface area (Å²) in [4.78, 5) is 26.9. The number of carbonyl (C=O) groups is 1. The summed E-state index contributed by atoms with van der Waals surface area (Å²) in [5.74, 6) is 0.300. The number of nitrogens with one attached hydrogen (secondary N) is 1. The van der Waals surface area contributed by atoms with Gasteiger partial charge in [-0.2, -0.15) is 0 Å². The molecule has 1 aliphatic rings. The number of benzene rings is 1. The number of aromatic nitrogens is 3. The van der Waals surface area contributed by atoms with Gasteiger partial charge in [0.05, 0.1) is 35.0 Å². The number of H-pyrrole nitrogens is 1. The average Bonchev–Trinajstić information content (AvgIpc) is 3.28. The number of thiazole rings is 1. The van der Waals surface area contributed by atoms with Gasteiger partial charge in [0.2, 0.25) is 5.91 Å². The molecule has 1 amide bonds. The number of hydrogen-bond acceptors (Lipinski definition) is 4. The first-order valence-electron chi connectivity index (χ1n) is 8.46. The molecule has 0 spiro atoms. The van der Waals surface area contributed by atoms with E-state index in [1.54, 1.807) is 17.7 Å². The van der Waals surface area contributed by atoms with Crippen molar-refractivity contribution in [1.82, 2.24) is 19.9 Å². The summed E-state index contributed by atoms with van der Waals surface area (Å²) in [7, 11) is 0. The molecule has 0 saturated heterocycles. The van der Waals surface area contributed by atoms with E-state index in [0.29, 0.717) is 25.9 Å². The highest BCUT2D eigenvalue weighted by Gasteiger charge is 2.31. The summed E-state index contributed by atoms with van der Waals surface area (Å²) in [6.45, 7) is 3.27. The van der Waals surface area contributed by atoms with Crippen LogP contribution in [0.15, 0.2) is 42.0 Å². The zero-order chi connectivity index (χ0) is 17.2. The lowest BCUT2D eigenvalue weighted by molar-refractivity contribution is -0.132. The molecule has 0 radical (unpaired) electrons. The maximum Gasteiger partial charge on any atom is 0.223 e. The fourth-order valence-electron chi connectivity index (χ4n) is 3.38. The molecule has 1 unspecified atom stereocenters. The SMILES string of the molecule is Cc1nc(CCC(=O)N2Cc3[nH]cnc3C(c3ccccc3)C2)cs1. The van der Waals surface area contributed by atoms with Gasteiger partial charge in [-0.05, 0) is 18.9 Å². The zero-order valence-corrected chi connectivity index (χ0v) is 14.9. The van der Waals surface area contributed by atoms with Crippen LogP contribution in [0.25, 0.3) is 0 Å². The van der Waals surface area contributed by atoms with E-state index >= 15 is 0 Å². The van der Waals surface area contributed by atoms with Crippen molar-refractivity contribution in [2.24, 2.45) is 0 Å². The van der Waals surface area contributed by atoms with Gasteiger partial charge in [0.25, 0.3) is 0 Å². The molecular weight excluding hydrogens is 332 g/mol. The van der Waals surface area contributed by atoms with E-state index in [2.05, 4.69) is 27.1 Å². The number of fused-ring (bicyclic) bond motifs is 1. The van der Waals surface area contributed by atoms with Gasteiger partial charge >= 0.3 is 0 Å². The summed E-state index contributed by atoms with van der Waals surface area (Å²) >= 11 is 1.63. The molecule has 2 aromatic heterocycles. The molecule has 25 heavy (non-hydrogen) atoms. The molecule has 0 fully saturated rings. The van der Waals surface area contributed by atoms with Crippen LogP contribution < -0.4 is 0 Å². The van der Waals surface area contributed by atoms with Gasteiger partial charge in [0.1, 0.15) is 0 Å². The van der Waals surface area contributed by atoms with Gasteiger partial charge in [-0.25, -0.2) is 9.97 Å². The second-order valence-electron chi connectivity index (χ2n) is 6.36. The monoisotopic (exact) mass is 352 g/mol. The fourth-order valence-corrected chi connectivity index (χ4v) is 4.02. The standard InChI is InChI=1S/C19H20N4OS/c1-13-22-15(11-25-13)7-8-18(24)23-9-16(14-5-3-2-4-6-14)19-17(10-23)20-12-21-19/h2-6,11-12,16H,7-10H2,1H3,(H,20,21). The third-order valence-electron chi connectivity index (χ3n) is 4.65. The van der Waals surface area contributed by atoms with E-state index in [-0.39, 0.29) is 11.8 Å². The molecule has 1 N–H and O–H groups in total. The Morgan fingerprint density at radius 3 is 2.96 bits per heavy atom. The lowest BCUT2D eigenvalue weighted by Gasteiger charge is -2.32. The molecule has 1 atom stereocenters. The van der Waals surface area contributed by atoms with Crippen LogP contribution in [0.2, 0.25) is 0 Å². The number of rotatable bonds is 4. The Morgan fingerprint density at radius 2 is 2.20 bits per heavy atom. The molecule has 0 saturated carbocycles. The lowest BCUT2D eigenvalue weighted by atomic mass is 9.91. The topological polar surface area (TPSA) is 61.9 Å². The number of imidazole rings is 1. The molecule has 128 valence electrons. The van der Waals surface area contributed by atoms with Gasteiger partial charge in [-0.3, -0.25) is 4.79 Å². The maximum atomic E-state index is 12.8. The van der Waals surface area contributed by atoms with E-state index in [4.69, 9.17) is 0 Å². The van der Waals surface area contributed by atoms with Gasteiger partial charge in [0.15, 0.2) is 0 Å². The van der Waals surface area contributed by atoms with Crippen molar-refractivity contribution in [1.29, 1.82) is 0 Å². The number of hydrogen-bond donors (Lipinski definition) is 1. The minimum absolute atomic E-state index is 0.127. The van der Waals surface area contributed by atoms with Crippen molar-refractivity contribution in [3.05, 3.63) is 69.7 Å². The van der Waals surface area contributed by atoms with Crippen LogP contribution in [0.3, 0.4) is 0 Å². The summed E-state index contributed by atoms with van der Waals surface area (Å²) in [5.41, 5.74) is 4.31. The molecule has 1 aliphatic heterocycles. The highest BCUT2D eigenvalue weighted by atomic mass is 32.1. The predicted molar refractivity (Wildman–Crippen MR) is 97.5 cm³/mol. The smallest absolute Gasteiger partial charge is 0.223 e. The Bertz CT molecular complexity index is 870. The average molecular weight is 352 g/mol. The van der Waals surface area contributed by atoms with E-state index < -0.39 is 0 Å². The van der Waals surface area contributed by atoms with E-state index in [0.717, 1.165) is 22.1 Å². The number of aromatic amines is 1. The Morgan fingerprint density at radius 1 is 1.36 bits per heavy atom. The van der Waals surface area contributed by atoms with E-state index in [9.17, 15) is 4.79 Å². The summed E-state index contributed by atoms with van der Waals surface area (Å²) in [5, 5.41) is 3.09. The van der Waals surface area contributed by atoms with Gasteiger partial charge < -0.3 is 9.88 Å². The first-order chi connectivity index (χ1) is 12.2. The van der Waals surface area contributed by atoms with Crippen LogP contribution in [0.4, 0.5) is 0 Å². The number of nitrogens with zero attached hydrogens (tertiary/aromatic N) is 3. The van der Waals surface area contributed by atoms with Gasteiger partial charge in [-0.1, -0.05) is 30.3 Å². The third kappa shape index (κ3) is 3.35. The Labute approximate surface area is 150 Å². The fraction of sp³-hybridized carbons (Fsp3) is 0.316. The highest BCUT2D eigenvalue weighted by Crippen LogP contribution is 2.31. The van der Waals surface area contributed by atoms with Gasteiger partial charge in [-0.15, -0.1) is 11.3 Å². The lowest BCUT2D eigenvalue weighted by Crippen LogP contribution is -2.38. The second kappa shape index (κ2) is 6.80.